The molecule has 94 valence electrons. The quantitative estimate of drug-likeness (QED) is 0.880. The third-order valence-corrected chi connectivity index (χ3v) is 2.85. The zero-order valence-electron chi connectivity index (χ0n) is 10.7. The molecule has 1 N–H and O–H groups in total. The predicted molar refractivity (Wildman–Crippen MR) is 72.1 cm³/mol. The molecule has 0 saturated heterocycles. The molecule has 0 amide bonds. The van der Waals surface area contributed by atoms with E-state index in [1.165, 1.54) is 23.4 Å². The molecule has 2 rings (SSSR count). The summed E-state index contributed by atoms with van der Waals surface area (Å²) in [6.07, 6.45) is 2.81. The van der Waals surface area contributed by atoms with Gasteiger partial charge in [-0.05, 0) is 17.0 Å². The first-order valence-corrected chi connectivity index (χ1v) is 6.08. The van der Waals surface area contributed by atoms with Crippen molar-refractivity contribution in [2.75, 3.05) is 5.32 Å². The van der Waals surface area contributed by atoms with Crippen molar-refractivity contribution in [1.82, 2.24) is 4.98 Å². The van der Waals surface area contributed by atoms with Crippen LogP contribution in [0, 0.1) is 5.82 Å². The largest absolute Gasteiger partial charge is 0.380 e. The number of hydrogen-bond donors (Lipinski definition) is 1. The molecule has 0 aliphatic rings. The second-order valence-electron chi connectivity index (χ2n) is 4.64. The van der Waals surface area contributed by atoms with E-state index in [0.29, 0.717) is 18.2 Å². The predicted octanol–water partition coefficient (Wildman–Crippen LogP) is 3.96. The zero-order valence-corrected chi connectivity index (χ0v) is 10.7. The van der Waals surface area contributed by atoms with Gasteiger partial charge in [0.25, 0.3) is 0 Å². The van der Waals surface area contributed by atoms with Gasteiger partial charge in [-0.25, -0.2) is 4.39 Å². The first kappa shape index (κ1) is 12.6. The van der Waals surface area contributed by atoms with Crippen molar-refractivity contribution in [2.45, 2.75) is 26.3 Å². The Kier molecular flexibility index (Phi) is 3.92. The Bertz CT molecular complexity index is 506. The van der Waals surface area contributed by atoms with E-state index < -0.39 is 0 Å². The van der Waals surface area contributed by atoms with Crippen molar-refractivity contribution in [2.24, 2.45) is 0 Å². The van der Waals surface area contributed by atoms with Gasteiger partial charge in [0.15, 0.2) is 0 Å². The second-order valence-corrected chi connectivity index (χ2v) is 4.64. The fraction of sp³-hybridized carbons (Fsp3) is 0.267. The number of benzene rings is 1. The van der Waals surface area contributed by atoms with E-state index in [1.54, 1.807) is 6.20 Å². The number of anilines is 1. The maximum Gasteiger partial charge on any atom is 0.143 e. The van der Waals surface area contributed by atoms with Gasteiger partial charge >= 0.3 is 0 Å². The van der Waals surface area contributed by atoms with Crippen LogP contribution >= 0.6 is 0 Å². The van der Waals surface area contributed by atoms with Crippen LogP contribution in [-0.2, 0) is 6.54 Å². The standard InChI is InChI=1S/C15H17FN2/c1-11(2)13-5-3-12(4-6-13)8-18-15-7-14(16)9-17-10-15/h3-7,9-11,18H,8H2,1-2H3. The summed E-state index contributed by atoms with van der Waals surface area (Å²) in [6, 6.07) is 9.89. The molecular weight excluding hydrogens is 227 g/mol. The molecule has 0 spiro atoms. The normalized spacial score (nSPS) is 10.7. The molecule has 0 radical (unpaired) electrons. The van der Waals surface area contributed by atoms with Gasteiger partial charge in [0.05, 0.1) is 18.1 Å². The number of nitrogens with zero attached hydrogens (tertiary/aromatic N) is 1. The lowest BCUT2D eigenvalue weighted by Gasteiger charge is -2.08. The second kappa shape index (κ2) is 5.63. The van der Waals surface area contributed by atoms with E-state index in [0.717, 1.165) is 0 Å². The van der Waals surface area contributed by atoms with Gasteiger partial charge in [-0.15, -0.1) is 0 Å². The monoisotopic (exact) mass is 244 g/mol. The molecule has 1 heterocycles. The number of halogens is 1. The lowest BCUT2D eigenvalue weighted by atomic mass is 10.0. The average molecular weight is 244 g/mol. The van der Waals surface area contributed by atoms with Crippen LogP contribution in [0.5, 0.6) is 0 Å². The van der Waals surface area contributed by atoms with Crippen LogP contribution in [0.2, 0.25) is 0 Å². The van der Waals surface area contributed by atoms with Crippen molar-refractivity contribution in [3.05, 3.63) is 59.7 Å². The molecule has 0 unspecified atom stereocenters. The molecule has 0 aliphatic heterocycles. The minimum Gasteiger partial charge on any atom is -0.380 e. The van der Waals surface area contributed by atoms with Gasteiger partial charge in [-0.1, -0.05) is 38.1 Å². The third-order valence-electron chi connectivity index (χ3n) is 2.85. The van der Waals surface area contributed by atoms with Crippen LogP contribution in [-0.4, -0.2) is 4.98 Å². The Hall–Kier alpha value is -1.90. The minimum atomic E-state index is -0.324. The average Bonchev–Trinajstić information content (AvgIpc) is 2.37. The summed E-state index contributed by atoms with van der Waals surface area (Å²) < 4.78 is 12.9. The molecule has 0 bridgehead atoms. The zero-order chi connectivity index (χ0) is 13.0. The van der Waals surface area contributed by atoms with Crippen molar-refractivity contribution in [1.29, 1.82) is 0 Å². The van der Waals surface area contributed by atoms with Crippen LogP contribution in [0.4, 0.5) is 10.1 Å². The Balaban J connectivity index is 1.98. The lowest BCUT2D eigenvalue weighted by Crippen LogP contribution is -2.00. The van der Waals surface area contributed by atoms with Crippen LogP contribution in [0.1, 0.15) is 30.9 Å². The Morgan fingerprint density at radius 3 is 2.50 bits per heavy atom. The summed E-state index contributed by atoms with van der Waals surface area (Å²) >= 11 is 0. The van der Waals surface area contributed by atoms with Gasteiger partial charge in [0.2, 0.25) is 0 Å². The van der Waals surface area contributed by atoms with E-state index in [1.807, 2.05) is 0 Å². The van der Waals surface area contributed by atoms with Crippen LogP contribution in [0.15, 0.2) is 42.7 Å². The Labute approximate surface area is 107 Å². The van der Waals surface area contributed by atoms with Crippen molar-refractivity contribution < 1.29 is 4.39 Å². The SMILES string of the molecule is CC(C)c1ccc(CNc2cncc(F)c2)cc1. The summed E-state index contributed by atoms with van der Waals surface area (Å²) in [7, 11) is 0. The van der Waals surface area contributed by atoms with E-state index >= 15 is 0 Å². The number of nitrogens with one attached hydrogen (secondary N) is 1. The molecule has 18 heavy (non-hydrogen) atoms. The van der Waals surface area contributed by atoms with E-state index in [9.17, 15) is 4.39 Å². The van der Waals surface area contributed by atoms with Gasteiger partial charge in [0.1, 0.15) is 5.82 Å². The van der Waals surface area contributed by atoms with Crippen molar-refractivity contribution in [3.8, 4) is 0 Å². The highest BCUT2D eigenvalue weighted by Crippen LogP contribution is 2.15. The topological polar surface area (TPSA) is 24.9 Å². The van der Waals surface area contributed by atoms with E-state index in [4.69, 9.17) is 0 Å². The highest BCUT2D eigenvalue weighted by Gasteiger charge is 2.00. The highest BCUT2D eigenvalue weighted by atomic mass is 19.1. The first-order valence-electron chi connectivity index (χ1n) is 6.08. The van der Waals surface area contributed by atoms with E-state index in [-0.39, 0.29) is 5.82 Å². The third kappa shape index (κ3) is 3.29. The molecule has 0 saturated carbocycles. The van der Waals surface area contributed by atoms with Crippen molar-refractivity contribution in [3.63, 3.8) is 0 Å². The maximum atomic E-state index is 12.9. The number of rotatable bonds is 4. The fourth-order valence-corrected chi connectivity index (χ4v) is 1.73. The summed E-state index contributed by atoms with van der Waals surface area (Å²) in [5, 5.41) is 3.15. The summed E-state index contributed by atoms with van der Waals surface area (Å²) in [5.41, 5.74) is 3.19. The van der Waals surface area contributed by atoms with Gasteiger partial charge in [-0.2, -0.15) is 0 Å². The molecule has 0 fully saturated rings. The van der Waals surface area contributed by atoms with E-state index in [2.05, 4.69) is 48.4 Å². The Morgan fingerprint density at radius 1 is 1.17 bits per heavy atom. The molecule has 2 nitrogen and oxygen atoms in total. The van der Waals surface area contributed by atoms with Gasteiger partial charge in [0, 0.05) is 12.6 Å². The lowest BCUT2D eigenvalue weighted by molar-refractivity contribution is 0.622. The summed E-state index contributed by atoms with van der Waals surface area (Å²) in [4.78, 5) is 3.80. The fourth-order valence-electron chi connectivity index (χ4n) is 1.73. The number of aromatic nitrogens is 1. The molecule has 3 heteroatoms. The molecule has 0 aliphatic carbocycles. The first-order chi connectivity index (χ1) is 8.65. The number of hydrogen-bond acceptors (Lipinski definition) is 2. The maximum absolute atomic E-state index is 12.9. The minimum absolute atomic E-state index is 0.324. The summed E-state index contributed by atoms with van der Waals surface area (Å²) in [5.74, 6) is 0.217. The molecular formula is C15H17FN2. The number of pyridine rings is 1. The molecule has 2 aromatic rings. The van der Waals surface area contributed by atoms with Crippen LogP contribution in [0.3, 0.4) is 0 Å². The highest BCUT2D eigenvalue weighted by molar-refractivity contribution is 5.41. The Morgan fingerprint density at radius 2 is 1.89 bits per heavy atom. The van der Waals surface area contributed by atoms with Gasteiger partial charge in [-0.3, -0.25) is 4.98 Å². The molecule has 1 aromatic carbocycles. The summed E-state index contributed by atoms with van der Waals surface area (Å²) in [6.45, 7) is 5.01. The van der Waals surface area contributed by atoms with Crippen LogP contribution < -0.4 is 5.32 Å². The van der Waals surface area contributed by atoms with Crippen molar-refractivity contribution >= 4 is 5.69 Å². The molecule has 0 atom stereocenters. The van der Waals surface area contributed by atoms with Gasteiger partial charge < -0.3 is 5.32 Å². The smallest absolute Gasteiger partial charge is 0.143 e. The van der Waals surface area contributed by atoms with Crippen LogP contribution in [0.25, 0.3) is 0 Å². The molecule has 1 aromatic heterocycles.